The number of carbonyl (C=O) groups excluding carboxylic acids is 2. The molecule has 4 rings (SSSR count). The normalized spacial score (nSPS) is 11.6. The molecule has 11 heteroatoms. The number of thiophene rings is 1. The van der Waals surface area contributed by atoms with Gasteiger partial charge in [0.25, 0.3) is 21.8 Å². The molecule has 3 N–H and O–H groups in total. The summed E-state index contributed by atoms with van der Waals surface area (Å²) in [5.41, 5.74) is 2.06. The van der Waals surface area contributed by atoms with Gasteiger partial charge in [0.05, 0.1) is 4.90 Å². The molecule has 0 fully saturated rings. The van der Waals surface area contributed by atoms with Crippen LogP contribution in [0.2, 0.25) is 0 Å². The number of rotatable bonds is 8. The molecule has 9 nitrogen and oxygen atoms in total. The first-order chi connectivity index (χ1) is 17.7. The minimum Gasteiger partial charge on any atom is -0.321 e. The van der Waals surface area contributed by atoms with Crippen LogP contribution in [0, 0.1) is 13.8 Å². The lowest BCUT2D eigenvalue weighted by Gasteiger charge is -2.12. The van der Waals surface area contributed by atoms with Crippen LogP contribution in [0.4, 0.5) is 11.6 Å². The number of sulfonamides is 1. The minimum atomic E-state index is -3.94. The Morgan fingerprint density at radius 1 is 0.892 bits per heavy atom. The summed E-state index contributed by atoms with van der Waals surface area (Å²) >= 11 is 1.41. The van der Waals surface area contributed by atoms with E-state index in [2.05, 4.69) is 25.3 Å². The van der Waals surface area contributed by atoms with Gasteiger partial charge in [0.15, 0.2) is 0 Å². The molecule has 0 saturated heterocycles. The number of hydrogen-bond acceptors (Lipinski definition) is 7. The molecule has 4 aromatic rings. The fraction of sp³-hybridized carbons (Fsp3) is 0.0769. The van der Waals surface area contributed by atoms with Crippen molar-refractivity contribution in [3.8, 4) is 0 Å². The smallest absolute Gasteiger partial charge is 0.272 e. The van der Waals surface area contributed by atoms with E-state index in [-0.39, 0.29) is 16.5 Å². The molecule has 0 aliphatic rings. The Kier molecular flexibility index (Phi) is 7.75. The monoisotopic (exact) mass is 533 g/mol. The first-order valence-corrected chi connectivity index (χ1v) is 13.4. The summed E-state index contributed by atoms with van der Waals surface area (Å²) < 4.78 is 27.9. The molecule has 0 aliphatic heterocycles. The van der Waals surface area contributed by atoms with Gasteiger partial charge in [0.2, 0.25) is 5.95 Å². The third kappa shape index (κ3) is 6.87. The molecule has 0 unspecified atom stereocenters. The summed E-state index contributed by atoms with van der Waals surface area (Å²) in [6.07, 6.45) is 1.58. The SMILES string of the molecule is Cc1cc(C)nc(NS(=O)(=O)c2ccc(NC(=O)C(=Cc3cccs3)NC(=O)c3ccccc3)cc2)n1. The van der Waals surface area contributed by atoms with Crippen LogP contribution < -0.4 is 15.4 Å². The van der Waals surface area contributed by atoms with E-state index in [4.69, 9.17) is 0 Å². The Hall–Kier alpha value is -4.35. The zero-order valence-electron chi connectivity index (χ0n) is 19.9. The van der Waals surface area contributed by atoms with Gasteiger partial charge in [-0.1, -0.05) is 24.3 Å². The van der Waals surface area contributed by atoms with E-state index in [9.17, 15) is 18.0 Å². The van der Waals surface area contributed by atoms with E-state index in [1.165, 1.54) is 35.6 Å². The Balaban J connectivity index is 1.50. The first-order valence-electron chi connectivity index (χ1n) is 11.1. The topological polar surface area (TPSA) is 130 Å². The predicted molar refractivity (Wildman–Crippen MR) is 144 cm³/mol. The lowest BCUT2D eigenvalue weighted by Crippen LogP contribution is -2.30. The van der Waals surface area contributed by atoms with Crippen molar-refractivity contribution in [1.29, 1.82) is 0 Å². The standard InChI is InChI=1S/C26H23N5O4S2/c1-17-15-18(2)28-26(27-17)31-37(34,35)22-12-10-20(11-13-22)29-25(33)23(16-21-9-6-14-36-21)30-24(32)19-7-4-3-5-8-19/h3-16H,1-2H3,(H,29,33)(H,30,32)(H,27,28,31). The number of carbonyl (C=O) groups is 2. The highest BCUT2D eigenvalue weighted by atomic mass is 32.2. The van der Waals surface area contributed by atoms with Crippen LogP contribution in [0.3, 0.4) is 0 Å². The summed E-state index contributed by atoms with van der Waals surface area (Å²) in [6.45, 7) is 3.49. The summed E-state index contributed by atoms with van der Waals surface area (Å²) in [7, 11) is -3.94. The Morgan fingerprint density at radius 2 is 1.57 bits per heavy atom. The van der Waals surface area contributed by atoms with Crippen molar-refractivity contribution in [3.63, 3.8) is 0 Å². The molecule has 0 radical (unpaired) electrons. The van der Waals surface area contributed by atoms with Crippen LogP contribution in [0.1, 0.15) is 26.6 Å². The highest BCUT2D eigenvalue weighted by molar-refractivity contribution is 7.92. The third-order valence-electron chi connectivity index (χ3n) is 4.99. The number of hydrogen-bond donors (Lipinski definition) is 3. The summed E-state index contributed by atoms with van der Waals surface area (Å²) in [6, 6.07) is 19.5. The number of aromatic nitrogens is 2. The van der Waals surface area contributed by atoms with E-state index >= 15 is 0 Å². The van der Waals surface area contributed by atoms with Gasteiger partial charge in [-0.3, -0.25) is 9.59 Å². The average molecular weight is 534 g/mol. The van der Waals surface area contributed by atoms with Gasteiger partial charge < -0.3 is 10.6 Å². The number of anilines is 2. The molecule has 0 spiro atoms. The van der Waals surface area contributed by atoms with Crippen LogP contribution in [0.25, 0.3) is 6.08 Å². The highest BCUT2D eigenvalue weighted by Crippen LogP contribution is 2.19. The van der Waals surface area contributed by atoms with Crippen molar-refractivity contribution in [3.05, 3.63) is 106 Å². The van der Waals surface area contributed by atoms with Gasteiger partial charge in [0, 0.05) is 27.5 Å². The molecule has 2 heterocycles. The predicted octanol–water partition coefficient (Wildman–Crippen LogP) is 4.37. The van der Waals surface area contributed by atoms with Gasteiger partial charge >= 0.3 is 0 Å². The maximum atomic E-state index is 13.1. The molecule has 188 valence electrons. The highest BCUT2D eigenvalue weighted by Gasteiger charge is 2.18. The molecule has 2 aromatic carbocycles. The zero-order chi connectivity index (χ0) is 26.4. The lowest BCUT2D eigenvalue weighted by molar-refractivity contribution is -0.113. The zero-order valence-corrected chi connectivity index (χ0v) is 21.6. The van der Waals surface area contributed by atoms with Crippen molar-refractivity contribution >= 4 is 50.9 Å². The maximum absolute atomic E-state index is 13.1. The molecular weight excluding hydrogens is 510 g/mol. The molecule has 0 bridgehead atoms. The fourth-order valence-electron chi connectivity index (χ4n) is 3.32. The first kappa shape index (κ1) is 25.7. The molecule has 2 aromatic heterocycles. The second kappa shape index (κ2) is 11.1. The van der Waals surface area contributed by atoms with Crippen LogP contribution in [-0.4, -0.2) is 30.2 Å². The maximum Gasteiger partial charge on any atom is 0.272 e. The Labute approximate surface area is 218 Å². The Bertz CT molecular complexity index is 1530. The van der Waals surface area contributed by atoms with Crippen molar-refractivity contribution in [1.82, 2.24) is 15.3 Å². The Morgan fingerprint density at radius 3 is 2.19 bits per heavy atom. The van der Waals surface area contributed by atoms with E-state index < -0.39 is 21.8 Å². The molecule has 0 aliphatic carbocycles. The van der Waals surface area contributed by atoms with Gasteiger partial charge in [-0.15, -0.1) is 11.3 Å². The number of nitrogens with zero attached hydrogens (tertiary/aromatic N) is 2. The van der Waals surface area contributed by atoms with E-state index in [1.54, 1.807) is 56.3 Å². The van der Waals surface area contributed by atoms with Crippen LogP contribution >= 0.6 is 11.3 Å². The quantitative estimate of drug-likeness (QED) is 0.289. The number of nitrogens with one attached hydrogen (secondary N) is 3. The van der Waals surface area contributed by atoms with Crippen LogP contribution in [0.15, 0.2) is 88.8 Å². The number of amides is 2. The van der Waals surface area contributed by atoms with Gasteiger partial charge in [-0.2, -0.15) is 0 Å². The number of aryl methyl sites for hydroxylation is 2. The second-order valence-corrected chi connectivity index (χ2v) is 10.6. The minimum absolute atomic E-state index is 0.0209. The molecule has 0 atom stereocenters. The fourth-order valence-corrected chi connectivity index (χ4v) is 4.93. The number of benzene rings is 2. The van der Waals surface area contributed by atoms with E-state index in [1.807, 2.05) is 17.5 Å². The summed E-state index contributed by atoms with van der Waals surface area (Å²) in [5, 5.41) is 7.22. The summed E-state index contributed by atoms with van der Waals surface area (Å²) in [4.78, 5) is 34.7. The molecular formula is C26H23N5O4S2. The second-order valence-electron chi connectivity index (χ2n) is 7.95. The van der Waals surface area contributed by atoms with Gasteiger partial charge in [-0.25, -0.2) is 23.1 Å². The van der Waals surface area contributed by atoms with Crippen LogP contribution in [0.5, 0.6) is 0 Å². The van der Waals surface area contributed by atoms with E-state index in [0.717, 1.165) is 4.88 Å². The molecule has 0 saturated carbocycles. The lowest BCUT2D eigenvalue weighted by atomic mass is 10.2. The van der Waals surface area contributed by atoms with Crippen molar-refractivity contribution in [2.75, 3.05) is 10.0 Å². The van der Waals surface area contributed by atoms with Crippen molar-refractivity contribution in [2.45, 2.75) is 18.7 Å². The van der Waals surface area contributed by atoms with Gasteiger partial charge in [-0.05, 0) is 73.8 Å². The summed E-state index contributed by atoms with van der Waals surface area (Å²) in [5.74, 6) is -1.01. The average Bonchev–Trinajstić information content (AvgIpc) is 3.37. The van der Waals surface area contributed by atoms with Crippen LogP contribution in [-0.2, 0) is 14.8 Å². The third-order valence-corrected chi connectivity index (χ3v) is 7.15. The molecule has 2 amide bonds. The van der Waals surface area contributed by atoms with Gasteiger partial charge in [0.1, 0.15) is 5.70 Å². The van der Waals surface area contributed by atoms with E-state index in [0.29, 0.717) is 22.6 Å². The molecule has 37 heavy (non-hydrogen) atoms. The van der Waals surface area contributed by atoms with Crippen molar-refractivity contribution < 1.29 is 18.0 Å². The van der Waals surface area contributed by atoms with Crippen molar-refractivity contribution in [2.24, 2.45) is 0 Å². The largest absolute Gasteiger partial charge is 0.321 e.